The van der Waals surface area contributed by atoms with Crippen molar-refractivity contribution in [2.24, 2.45) is 0 Å². The molecule has 0 saturated carbocycles. The van der Waals surface area contributed by atoms with E-state index in [2.05, 4.69) is 11.5 Å². The maximum absolute atomic E-state index is 10.7. The van der Waals surface area contributed by atoms with E-state index in [1.165, 1.54) is 0 Å². The van der Waals surface area contributed by atoms with E-state index in [9.17, 15) is 4.79 Å². The molecule has 0 aliphatic heterocycles. The van der Waals surface area contributed by atoms with Gasteiger partial charge in [-0.3, -0.25) is 4.79 Å². The van der Waals surface area contributed by atoms with Crippen molar-refractivity contribution in [1.29, 1.82) is 0 Å². The number of hydrogen-bond acceptors (Lipinski definition) is 1. The van der Waals surface area contributed by atoms with Gasteiger partial charge in [0, 0.05) is 17.7 Å². The van der Waals surface area contributed by atoms with Crippen molar-refractivity contribution in [3.05, 3.63) is 41.0 Å². The quantitative estimate of drug-likeness (QED) is 0.563. The first-order valence-electron chi connectivity index (χ1n) is 4.83. The molecular formula is C12H11ClNO+. The van der Waals surface area contributed by atoms with Crippen molar-refractivity contribution in [2.75, 3.05) is 0 Å². The normalized spacial score (nSPS) is 10.5. The first kappa shape index (κ1) is 10.1. The number of aryl methyl sites for hydroxylation is 1. The second kappa shape index (κ2) is 3.99. The van der Waals surface area contributed by atoms with Gasteiger partial charge >= 0.3 is 0 Å². The summed E-state index contributed by atoms with van der Waals surface area (Å²) < 4.78 is 2.09. The highest BCUT2D eigenvalue weighted by molar-refractivity contribution is 6.35. The number of aldehydes is 1. The van der Waals surface area contributed by atoms with Crippen molar-refractivity contribution in [3.8, 4) is 0 Å². The van der Waals surface area contributed by atoms with Crippen LogP contribution in [0.5, 0.6) is 0 Å². The lowest BCUT2D eigenvalue weighted by molar-refractivity contribution is -0.667. The Kier molecular flexibility index (Phi) is 2.69. The van der Waals surface area contributed by atoms with E-state index >= 15 is 0 Å². The smallest absolute Gasteiger partial charge is 0.214 e. The largest absolute Gasteiger partial charge is 0.298 e. The summed E-state index contributed by atoms with van der Waals surface area (Å²) in [6.07, 6.45) is 2.78. The lowest BCUT2D eigenvalue weighted by atomic mass is 10.1. The molecule has 0 N–H and O–H groups in total. The van der Waals surface area contributed by atoms with Crippen LogP contribution >= 0.6 is 11.6 Å². The fourth-order valence-corrected chi connectivity index (χ4v) is 1.88. The maximum Gasteiger partial charge on any atom is 0.214 e. The minimum absolute atomic E-state index is 0.651. The molecule has 76 valence electrons. The van der Waals surface area contributed by atoms with E-state index in [-0.39, 0.29) is 0 Å². The number of hydrogen-bond donors (Lipinski definition) is 0. The van der Waals surface area contributed by atoms with Gasteiger partial charge in [0.05, 0.1) is 10.4 Å². The van der Waals surface area contributed by atoms with E-state index in [0.29, 0.717) is 10.6 Å². The van der Waals surface area contributed by atoms with Gasteiger partial charge in [-0.25, -0.2) is 0 Å². The number of halogens is 1. The van der Waals surface area contributed by atoms with E-state index in [1.54, 1.807) is 6.07 Å². The molecule has 2 nitrogen and oxygen atoms in total. The molecule has 0 bridgehead atoms. The highest BCUT2D eigenvalue weighted by atomic mass is 35.5. The molecule has 15 heavy (non-hydrogen) atoms. The summed E-state index contributed by atoms with van der Waals surface area (Å²) in [5.74, 6) is 0. The van der Waals surface area contributed by atoms with Crippen LogP contribution in [-0.2, 0) is 6.54 Å². The minimum Gasteiger partial charge on any atom is -0.298 e. The van der Waals surface area contributed by atoms with Crippen molar-refractivity contribution >= 4 is 28.8 Å². The van der Waals surface area contributed by atoms with Crippen LogP contribution in [-0.4, -0.2) is 6.29 Å². The Labute approximate surface area is 93.1 Å². The summed E-state index contributed by atoms with van der Waals surface area (Å²) in [4.78, 5) is 10.7. The molecule has 1 heterocycles. The lowest BCUT2D eigenvalue weighted by Gasteiger charge is -2.01. The summed E-state index contributed by atoms with van der Waals surface area (Å²) in [5.41, 5.74) is 1.70. The third-order valence-electron chi connectivity index (χ3n) is 2.46. The molecule has 3 heteroatoms. The Bertz CT molecular complexity index is 522. The molecule has 0 aliphatic rings. The fourth-order valence-electron chi connectivity index (χ4n) is 1.67. The van der Waals surface area contributed by atoms with Crippen LogP contribution < -0.4 is 4.57 Å². The third-order valence-corrected chi connectivity index (χ3v) is 2.79. The Morgan fingerprint density at radius 2 is 2.20 bits per heavy atom. The predicted molar refractivity (Wildman–Crippen MR) is 60.2 cm³/mol. The van der Waals surface area contributed by atoms with Gasteiger partial charge in [-0.1, -0.05) is 11.6 Å². The Balaban J connectivity index is 2.81. The van der Waals surface area contributed by atoms with Gasteiger partial charge in [0.1, 0.15) is 12.8 Å². The van der Waals surface area contributed by atoms with Crippen LogP contribution in [0.2, 0.25) is 5.02 Å². The first-order valence-corrected chi connectivity index (χ1v) is 5.21. The van der Waals surface area contributed by atoms with Crippen LogP contribution in [0.15, 0.2) is 30.5 Å². The predicted octanol–water partition coefficient (Wildman–Crippen LogP) is 2.61. The van der Waals surface area contributed by atoms with Crippen LogP contribution in [0, 0.1) is 0 Å². The Morgan fingerprint density at radius 3 is 2.87 bits per heavy atom. The van der Waals surface area contributed by atoms with Gasteiger partial charge in [-0.05, 0) is 19.1 Å². The topological polar surface area (TPSA) is 20.9 Å². The second-order valence-corrected chi connectivity index (χ2v) is 3.75. The summed E-state index contributed by atoms with van der Waals surface area (Å²) in [6, 6.07) is 7.39. The lowest BCUT2D eigenvalue weighted by Crippen LogP contribution is -2.32. The number of aromatic nitrogens is 1. The third kappa shape index (κ3) is 1.73. The number of carbonyl (C=O) groups is 1. The molecule has 2 aromatic rings. The number of fused-ring (bicyclic) bond motifs is 1. The molecule has 1 aromatic carbocycles. The Hall–Kier alpha value is -1.41. The molecule has 0 radical (unpaired) electrons. The zero-order chi connectivity index (χ0) is 10.8. The Morgan fingerprint density at radius 1 is 1.40 bits per heavy atom. The van der Waals surface area contributed by atoms with E-state index < -0.39 is 0 Å². The molecule has 0 atom stereocenters. The molecule has 0 saturated heterocycles. The van der Waals surface area contributed by atoms with Crippen molar-refractivity contribution in [3.63, 3.8) is 0 Å². The molecule has 0 fully saturated rings. The number of nitrogens with zero attached hydrogens (tertiary/aromatic N) is 1. The van der Waals surface area contributed by atoms with Crippen molar-refractivity contribution in [2.45, 2.75) is 13.5 Å². The molecular weight excluding hydrogens is 210 g/mol. The standard InChI is InChI=1S/C12H11ClNO/c1-2-14-6-5-11(13)10-7-9(8-15)3-4-12(10)14/h3-8H,2H2,1H3/q+1. The maximum atomic E-state index is 10.7. The van der Waals surface area contributed by atoms with Crippen LogP contribution in [0.4, 0.5) is 0 Å². The molecule has 0 aliphatic carbocycles. The van der Waals surface area contributed by atoms with Gasteiger partial charge < -0.3 is 0 Å². The molecule has 0 spiro atoms. The van der Waals surface area contributed by atoms with Crippen molar-refractivity contribution in [1.82, 2.24) is 0 Å². The summed E-state index contributed by atoms with van der Waals surface area (Å²) >= 11 is 6.09. The number of benzene rings is 1. The molecule has 2 rings (SSSR count). The van der Waals surface area contributed by atoms with E-state index in [0.717, 1.165) is 23.7 Å². The highest BCUT2D eigenvalue weighted by Crippen LogP contribution is 2.21. The van der Waals surface area contributed by atoms with Gasteiger partial charge in [0.15, 0.2) is 6.20 Å². The summed E-state index contributed by atoms with van der Waals surface area (Å²) in [7, 11) is 0. The second-order valence-electron chi connectivity index (χ2n) is 3.34. The van der Waals surface area contributed by atoms with E-state index in [4.69, 9.17) is 11.6 Å². The van der Waals surface area contributed by atoms with Crippen LogP contribution in [0.1, 0.15) is 17.3 Å². The average molecular weight is 221 g/mol. The zero-order valence-electron chi connectivity index (χ0n) is 8.40. The SMILES string of the molecule is CC[n+]1ccc(Cl)c2cc(C=O)ccc21. The number of carbonyl (C=O) groups excluding carboxylic acids is 1. The summed E-state index contributed by atoms with van der Waals surface area (Å²) in [5, 5.41) is 1.60. The van der Waals surface area contributed by atoms with Gasteiger partial charge in [-0.2, -0.15) is 4.57 Å². The van der Waals surface area contributed by atoms with Crippen LogP contribution in [0.25, 0.3) is 10.9 Å². The van der Waals surface area contributed by atoms with Crippen LogP contribution in [0.3, 0.4) is 0 Å². The fraction of sp³-hybridized carbons (Fsp3) is 0.167. The monoisotopic (exact) mass is 220 g/mol. The average Bonchev–Trinajstić information content (AvgIpc) is 2.29. The van der Waals surface area contributed by atoms with Gasteiger partial charge in [0.25, 0.3) is 0 Å². The molecule has 0 amide bonds. The minimum atomic E-state index is 0.651. The first-order chi connectivity index (χ1) is 7.26. The molecule has 1 aromatic heterocycles. The number of pyridine rings is 1. The van der Waals surface area contributed by atoms with Gasteiger partial charge in [0.2, 0.25) is 5.52 Å². The molecule has 0 unspecified atom stereocenters. The van der Waals surface area contributed by atoms with Crippen molar-refractivity contribution < 1.29 is 9.36 Å². The highest BCUT2D eigenvalue weighted by Gasteiger charge is 2.10. The van der Waals surface area contributed by atoms with Gasteiger partial charge in [-0.15, -0.1) is 0 Å². The number of rotatable bonds is 2. The summed E-state index contributed by atoms with van der Waals surface area (Å²) in [6.45, 7) is 2.95. The zero-order valence-corrected chi connectivity index (χ0v) is 9.16. The van der Waals surface area contributed by atoms with E-state index in [1.807, 2.05) is 24.4 Å².